The number of rotatable bonds is 3. The second kappa shape index (κ2) is 5.66. The maximum atomic E-state index is 6.06. The zero-order chi connectivity index (χ0) is 14.0. The Labute approximate surface area is 120 Å². The number of nitrogens with zero attached hydrogens (tertiary/aromatic N) is 3. The summed E-state index contributed by atoms with van der Waals surface area (Å²) >= 11 is 0. The minimum absolute atomic E-state index is 0.0288. The quantitative estimate of drug-likeness (QED) is 0.845. The van der Waals surface area contributed by atoms with Crippen molar-refractivity contribution in [1.82, 2.24) is 9.97 Å². The van der Waals surface area contributed by atoms with Crippen molar-refractivity contribution in [2.45, 2.75) is 44.8 Å². The van der Waals surface area contributed by atoms with Gasteiger partial charge in [0.15, 0.2) is 0 Å². The Hall–Kier alpha value is -1.20. The van der Waals surface area contributed by atoms with Crippen molar-refractivity contribution in [2.75, 3.05) is 31.2 Å². The molecule has 0 saturated carbocycles. The second-order valence-electron chi connectivity index (χ2n) is 5.82. The highest BCUT2D eigenvalue weighted by Gasteiger charge is 2.43. The van der Waals surface area contributed by atoms with Gasteiger partial charge in [-0.1, -0.05) is 0 Å². The molecule has 2 fully saturated rings. The highest BCUT2D eigenvalue weighted by molar-refractivity contribution is 5.31. The molecular weight excluding hydrogens is 254 g/mol. The van der Waals surface area contributed by atoms with Crippen molar-refractivity contribution in [3.05, 3.63) is 18.0 Å². The minimum Gasteiger partial charge on any atom is -0.376 e. The van der Waals surface area contributed by atoms with Crippen molar-refractivity contribution in [3.63, 3.8) is 0 Å². The number of hydrogen-bond donors (Lipinski definition) is 0. The van der Waals surface area contributed by atoms with Crippen LogP contribution in [0.5, 0.6) is 0 Å². The summed E-state index contributed by atoms with van der Waals surface area (Å²) in [4.78, 5) is 11.1. The first-order valence-corrected chi connectivity index (χ1v) is 7.50. The van der Waals surface area contributed by atoms with Gasteiger partial charge in [0.1, 0.15) is 0 Å². The SMILES string of the molecule is CCO[C@@H]1COC2(CCN(c3ncc(C)cn3)CC2)C1. The van der Waals surface area contributed by atoms with E-state index in [-0.39, 0.29) is 11.7 Å². The lowest BCUT2D eigenvalue weighted by Gasteiger charge is -2.38. The van der Waals surface area contributed by atoms with Crippen LogP contribution in [-0.2, 0) is 9.47 Å². The van der Waals surface area contributed by atoms with Crippen LogP contribution in [0.2, 0.25) is 0 Å². The van der Waals surface area contributed by atoms with Gasteiger partial charge in [0.2, 0.25) is 5.95 Å². The van der Waals surface area contributed by atoms with Crippen LogP contribution in [0.25, 0.3) is 0 Å². The predicted octanol–water partition coefficient (Wildman–Crippen LogP) is 1.95. The Morgan fingerprint density at radius 3 is 2.70 bits per heavy atom. The zero-order valence-corrected chi connectivity index (χ0v) is 12.3. The molecule has 110 valence electrons. The molecule has 0 amide bonds. The Morgan fingerprint density at radius 2 is 2.05 bits per heavy atom. The number of aromatic nitrogens is 2. The molecule has 1 aromatic heterocycles. The van der Waals surface area contributed by atoms with Crippen LogP contribution < -0.4 is 4.90 Å². The summed E-state index contributed by atoms with van der Waals surface area (Å²) in [5, 5.41) is 0. The normalized spacial score (nSPS) is 25.3. The third-order valence-electron chi connectivity index (χ3n) is 4.30. The van der Waals surface area contributed by atoms with Gasteiger partial charge in [0, 0.05) is 38.5 Å². The van der Waals surface area contributed by atoms with Gasteiger partial charge < -0.3 is 14.4 Å². The molecular formula is C15H23N3O2. The first-order chi connectivity index (χ1) is 9.71. The lowest BCUT2D eigenvalue weighted by Crippen LogP contribution is -2.45. The first kappa shape index (κ1) is 13.8. The summed E-state index contributed by atoms with van der Waals surface area (Å²) < 4.78 is 11.7. The van der Waals surface area contributed by atoms with Crippen LogP contribution in [0.3, 0.4) is 0 Å². The van der Waals surface area contributed by atoms with Crippen molar-refractivity contribution < 1.29 is 9.47 Å². The molecule has 2 aliphatic rings. The van der Waals surface area contributed by atoms with E-state index >= 15 is 0 Å². The summed E-state index contributed by atoms with van der Waals surface area (Å²) in [6.07, 6.45) is 7.14. The highest BCUT2D eigenvalue weighted by Crippen LogP contribution is 2.37. The van der Waals surface area contributed by atoms with E-state index in [1.807, 2.05) is 26.2 Å². The number of hydrogen-bond acceptors (Lipinski definition) is 5. The molecule has 5 nitrogen and oxygen atoms in total. The van der Waals surface area contributed by atoms with E-state index in [9.17, 15) is 0 Å². The summed E-state index contributed by atoms with van der Waals surface area (Å²) in [7, 11) is 0. The van der Waals surface area contributed by atoms with Gasteiger partial charge in [-0.05, 0) is 32.3 Å². The highest BCUT2D eigenvalue weighted by atomic mass is 16.6. The average Bonchev–Trinajstić information content (AvgIpc) is 2.84. The predicted molar refractivity (Wildman–Crippen MR) is 76.9 cm³/mol. The van der Waals surface area contributed by atoms with Gasteiger partial charge in [0.25, 0.3) is 0 Å². The standard InChI is InChI=1S/C15H23N3O2/c1-3-19-13-8-15(20-11-13)4-6-18(7-5-15)14-16-9-12(2)10-17-14/h9-10,13H,3-8,11H2,1-2H3/t13-/m0/s1. The van der Waals surface area contributed by atoms with Crippen LogP contribution in [0.15, 0.2) is 12.4 Å². The molecule has 0 unspecified atom stereocenters. The topological polar surface area (TPSA) is 47.5 Å². The number of ether oxygens (including phenoxy) is 2. The minimum atomic E-state index is 0.0288. The third-order valence-corrected chi connectivity index (χ3v) is 4.30. The molecule has 2 saturated heterocycles. The van der Waals surface area contributed by atoms with Crippen LogP contribution in [-0.4, -0.2) is 48.0 Å². The van der Waals surface area contributed by atoms with E-state index in [1.165, 1.54) is 0 Å². The maximum Gasteiger partial charge on any atom is 0.225 e. The third kappa shape index (κ3) is 2.79. The van der Waals surface area contributed by atoms with Crippen LogP contribution >= 0.6 is 0 Å². The molecule has 1 spiro atoms. The van der Waals surface area contributed by atoms with Gasteiger partial charge in [-0.3, -0.25) is 0 Å². The molecule has 0 N–H and O–H groups in total. The molecule has 5 heteroatoms. The molecule has 3 heterocycles. The van der Waals surface area contributed by atoms with Crippen molar-refractivity contribution in [2.24, 2.45) is 0 Å². The van der Waals surface area contributed by atoms with Crippen molar-refractivity contribution >= 4 is 5.95 Å². The largest absolute Gasteiger partial charge is 0.376 e. The Morgan fingerprint density at radius 1 is 1.35 bits per heavy atom. The summed E-state index contributed by atoms with van der Waals surface area (Å²) in [6, 6.07) is 0. The molecule has 0 aromatic carbocycles. The van der Waals surface area contributed by atoms with Crippen LogP contribution in [0.1, 0.15) is 31.7 Å². The maximum absolute atomic E-state index is 6.06. The second-order valence-corrected chi connectivity index (χ2v) is 5.82. The van der Waals surface area contributed by atoms with Crippen molar-refractivity contribution in [3.8, 4) is 0 Å². The lowest BCUT2D eigenvalue weighted by atomic mass is 9.88. The van der Waals surface area contributed by atoms with E-state index in [2.05, 4.69) is 14.9 Å². The lowest BCUT2D eigenvalue weighted by molar-refractivity contribution is -0.0191. The van der Waals surface area contributed by atoms with Gasteiger partial charge in [-0.2, -0.15) is 0 Å². The van der Waals surface area contributed by atoms with Gasteiger partial charge in [-0.15, -0.1) is 0 Å². The molecule has 0 aliphatic carbocycles. The fourth-order valence-corrected chi connectivity index (χ4v) is 3.16. The zero-order valence-electron chi connectivity index (χ0n) is 12.3. The van der Waals surface area contributed by atoms with E-state index in [4.69, 9.17) is 9.47 Å². The summed E-state index contributed by atoms with van der Waals surface area (Å²) in [5.74, 6) is 0.838. The first-order valence-electron chi connectivity index (χ1n) is 7.50. The Bertz CT molecular complexity index is 441. The summed E-state index contributed by atoms with van der Waals surface area (Å²) in [5.41, 5.74) is 1.13. The summed E-state index contributed by atoms with van der Waals surface area (Å²) in [6.45, 7) is 7.49. The molecule has 0 radical (unpaired) electrons. The molecule has 20 heavy (non-hydrogen) atoms. The van der Waals surface area contributed by atoms with E-state index in [0.29, 0.717) is 0 Å². The van der Waals surface area contributed by atoms with Crippen LogP contribution in [0.4, 0.5) is 5.95 Å². The fourth-order valence-electron chi connectivity index (χ4n) is 3.16. The number of anilines is 1. The molecule has 3 rings (SSSR count). The van der Waals surface area contributed by atoms with Crippen molar-refractivity contribution in [1.29, 1.82) is 0 Å². The van der Waals surface area contributed by atoms with E-state index in [0.717, 1.165) is 57.1 Å². The molecule has 1 atom stereocenters. The van der Waals surface area contributed by atoms with Crippen LogP contribution in [0, 0.1) is 6.92 Å². The van der Waals surface area contributed by atoms with Gasteiger partial charge >= 0.3 is 0 Å². The Kier molecular flexibility index (Phi) is 3.89. The van der Waals surface area contributed by atoms with E-state index in [1.54, 1.807) is 0 Å². The van der Waals surface area contributed by atoms with Gasteiger partial charge in [-0.25, -0.2) is 9.97 Å². The van der Waals surface area contributed by atoms with E-state index < -0.39 is 0 Å². The molecule has 2 aliphatic heterocycles. The average molecular weight is 277 g/mol. The van der Waals surface area contributed by atoms with Gasteiger partial charge in [0.05, 0.1) is 18.3 Å². The smallest absolute Gasteiger partial charge is 0.225 e. The number of piperidine rings is 1. The molecule has 0 bridgehead atoms. The Balaban J connectivity index is 1.58. The number of aryl methyl sites for hydroxylation is 1. The monoisotopic (exact) mass is 277 g/mol. The molecule has 1 aromatic rings. The fraction of sp³-hybridized carbons (Fsp3) is 0.733.